The Labute approximate surface area is 147 Å². The maximum atomic E-state index is 9.88. The maximum absolute atomic E-state index is 9.88. The van der Waals surface area contributed by atoms with Crippen molar-refractivity contribution in [2.75, 3.05) is 35.5 Å². The summed E-state index contributed by atoms with van der Waals surface area (Å²) in [6, 6.07) is 6.93. The van der Waals surface area contributed by atoms with E-state index in [1.165, 1.54) is 21.3 Å². The molecule has 0 bridgehead atoms. The van der Waals surface area contributed by atoms with Gasteiger partial charge in [0.1, 0.15) is 0 Å². The number of hydrogen-bond acceptors (Lipinski definition) is 6. The standard InChI is InChI=1S/C19H22O6/c1-21-15-9-7-12(10-14(15)20)6-8-13-11-16(22-2)18(24-4)19(25-5)17(13)23-3/h6-11,20H,1-5H3/b8-6-. The quantitative estimate of drug-likeness (QED) is 0.773. The van der Waals surface area contributed by atoms with Crippen LogP contribution in [-0.2, 0) is 0 Å². The van der Waals surface area contributed by atoms with E-state index < -0.39 is 0 Å². The van der Waals surface area contributed by atoms with Gasteiger partial charge in [-0.1, -0.05) is 18.2 Å². The fourth-order valence-corrected chi connectivity index (χ4v) is 2.48. The van der Waals surface area contributed by atoms with Gasteiger partial charge in [-0.25, -0.2) is 0 Å². The molecule has 0 aromatic heterocycles. The topological polar surface area (TPSA) is 66.4 Å². The smallest absolute Gasteiger partial charge is 0.207 e. The van der Waals surface area contributed by atoms with Gasteiger partial charge < -0.3 is 28.8 Å². The van der Waals surface area contributed by atoms with Gasteiger partial charge in [0.2, 0.25) is 11.5 Å². The highest BCUT2D eigenvalue weighted by Crippen LogP contribution is 2.47. The van der Waals surface area contributed by atoms with Gasteiger partial charge in [0.15, 0.2) is 23.0 Å². The van der Waals surface area contributed by atoms with Crippen LogP contribution in [0.3, 0.4) is 0 Å². The molecule has 0 spiro atoms. The SMILES string of the molecule is COc1ccc(/C=C\c2cc(OC)c(OC)c(OC)c2OC)cc1O. The molecule has 0 aliphatic rings. The van der Waals surface area contributed by atoms with Gasteiger partial charge in [0.25, 0.3) is 0 Å². The summed E-state index contributed by atoms with van der Waals surface area (Å²) < 4.78 is 26.7. The van der Waals surface area contributed by atoms with Crippen LogP contribution in [0.2, 0.25) is 0 Å². The first-order valence-electron chi connectivity index (χ1n) is 7.51. The Morgan fingerprint density at radius 1 is 0.680 bits per heavy atom. The van der Waals surface area contributed by atoms with Crippen LogP contribution >= 0.6 is 0 Å². The van der Waals surface area contributed by atoms with Crippen LogP contribution in [0.5, 0.6) is 34.5 Å². The molecule has 134 valence electrons. The van der Waals surface area contributed by atoms with E-state index in [1.54, 1.807) is 32.4 Å². The summed E-state index contributed by atoms with van der Waals surface area (Å²) >= 11 is 0. The van der Waals surface area contributed by atoms with E-state index in [0.29, 0.717) is 28.7 Å². The minimum Gasteiger partial charge on any atom is -0.504 e. The molecule has 0 fully saturated rings. The molecule has 0 unspecified atom stereocenters. The van der Waals surface area contributed by atoms with Crippen LogP contribution < -0.4 is 23.7 Å². The van der Waals surface area contributed by atoms with E-state index in [2.05, 4.69) is 0 Å². The first kappa shape index (κ1) is 18.3. The monoisotopic (exact) mass is 346 g/mol. The first-order chi connectivity index (χ1) is 12.1. The van der Waals surface area contributed by atoms with E-state index in [-0.39, 0.29) is 5.75 Å². The summed E-state index contributed by atoms with van der Waals surface area (Å²) in [7, 11) is 7.69. The molecule has 0 radical (unpaired) electrons. The van der Waals surface area contributed by atoms with E-state index in [4.69, 9.17) is 23.7 Å². The molecule has 2 aromatic carbocycles. The highest BCUT2D eigenvalue weighted by molar-refractivity contribution is 5.78. The van der Waals surface area contributed by atoms with Crippen LogP contribution in [0.4, 0.5) is 0 Å². The fourth-order valence-electron chi connectivity index (χ4n) is 2.48. The Morgan fingerprint density at radius 3 is 1.84 bits per heavy atom. The second-order valence-corrected chi connectivity index (χ2v) is 5.03. The molecule has 0 atom stereocenters. The number of benzene rings is 2. The minimum absolute atomic E-state index is 0.0708. The molecule has 0 aliphatic carbocycles. The molecular formula is C19H22O6. The molecule has 6 nitrogen and oxygen atoms in total. The Balaban J connectivity index is 2.49. The summed E-state index contributed by atoms with van der Waals surface area (Å²) in [5, 5.41) is 9.88. The van der Waals surface area contributed by atoms with Crippen molar-refractivity contribution >= 4 is 12.2 Å². The van der Waals surface area contributed by atoms with E-state index in [0.717, 1.165) is 11.1 Å². The van der Waals surface area contributed by atoms with Gasteiger partial charge in [-0.05, 0) is 23.8 Å². The largest absolute Gasteiger partial charge is 0.504 e. The predicted molar refractivity (Wildman–Crippen MR) is 96.2 cm³/mol. The van der Waals surface area contributed by atoms with E-state index >= 15 is 0 Å². The fraction of sp³-hybridized carbons (Fsp3) is 0.263. The normalized spacial score (nSPS) is 10.6. The lowest BCUT2D eigenvalue weighted by molar-refractivity contribution is 0.305. The summed E-state index contributed by atoms with van der Waals surface area (Å²) in [6.07, 6.45) is 3.67. The molecule has 0 amide bonds. The molecule has 0 saturated carbocycles. The molecule has 25 heavy (non-hydrogen) atoms. The van der Waals surface area contributed by atoms with E-state index in [9.17, 15) is 5.11 Å². The highest BCUT2D eigenvalue weighted by atomic mass is 16.5. The first-order valence-corrected chi connectivity index (χ1v) is 7.51. The Kier molecular flexibility index (Phi) is 6.00. The van der Waals surface area contributed by atoms with Gasteiger partial charge in [-0.15, -0.1) is 0 Å². The molecule has 2 rings (SSSR count). The van der Waals surface area contributed by atoms with Crippen LogP contribution in [0.1, 0.15) is 11.1 Å². The number of phenols is 1. The lowest BCUT2D eigenvalue weighted by Crippen LogP contribution is -1.99. The van der Waals surface area contributed by atoms with Crippen molar-refractivity contribution in [1.82, 2.24) is 0 Å². The summed E-state index contributed by atoms with van der Waals surface area (Å²) in [5.41, 5.74) is 1.54. The lowest BCUT2D eigenvalue weighted by Gasteiger charge is -2.17. The molecule has 0 aliphatic heterocycles. The number of methoxy groups -OCH3 is 5. The highest BCUT2D eigenvalue weighted by Gasteiger charge is 2.20. The number of ether oxygens (including phenoxy) is 5. The number of phenolic OH excluding ortho intramolecular Hbond substituents is 1. The zero-order chi connectivity index (χ0) is 18.4. The Morgan fingerprint density at radius 2 is 1.32 bits per heavy atom. The van der Waals surface area contributed by atoms with Crippen LogP contribution in [0.25, 0.3) is 12.2 Å². The number of rotatable bonds is 7. The third kappa shape index (κ3) is 3.74. The summed E-state index contributed by atoms with van der Waals surface area (Å²) in [4.78, 5) is 0. The van der Waals surface area contributed by atoms with Gasteiger partial charge in [-0.3, -0.25) is 0 Å². The molecule has 0 heterocycles. The molecule has 6 heteroatoms. The third-order valence-electron chi connectivity index (χ3n) is 3.68. The van der Waals surface area contributed by atoms with Crippen LogP contribution in [-0.4, -0.2) is 40.7 Å². The van der Waals surface area contributed by atoms with Gasteiger partial charge in [0.05, 0.1) is 35.5 Å². The minimum atomic E-state index is 0.0708. The number of aromatic hydroxyl groups is 1. The average molecular weight is 346 g/mol. The lowest BCUT2D eigenvalue weighted by atomic mass is 10.1. The number of hydrogen-bond donors (Lipinski definition) is 1. The molecule has 1 N–H and O–H groups in total. The Bertz CT molecular complexity index is 767. The Hall–Kier alpha value is -3.02. The predicted octanol–water partition coefficient (Wildman–Crippen LogP) is 3.61. The van der Waals surface area contributed by atoms with Crippen molar-refractivity contribution in [2.45, 2.75) is 0 Å². The third-order valence-corrected chi connectivity index (χ3v) is 3.68. The van der Waals surface area contributed by atoms with Gasteiger partial charge in [-0.2, -0.15) is 0 Å². The zero-order valence-electron chi connectivity index (χ0n) is 15.0. The zero-order valence-corrected chi connectivity index (χ0v) is 15.0. The van der Waals surface area contributed by atoms with Crippen LogP contribution in [0, 0.1) is 0 Å². The second-order valence-electron chi connectivity index (χ2n) is 5.03. The summed E-state index contributed by atoms with van der Waals surface area (Å²) in [6.45, 7) is 0. The van der Waals surface area contributed by atoms with Crippen molar-refractivity contribution in [1.29, 1.82) is 0 Å². The van der Waals surface area contributed by atoms with Crippen molar-refractivity contribution in [3.63, 3.8) is 0 Å². The van der Waals surface area contributed by atoms with Gasteiger partial charge in [0, 0.05) is 5.56 Å². The van der Waals surface area contributed by atoms with Crippen molar-refractivity contribution in [3.8, 4) is 34.5 Å². The molecule has 0 saturated heterocycles. The van der Waals surface area contributed by atoms with Crippen LogP contribution in [0.15, 0.2) is 24.3 Å². The van der Waals surface area contributed by atoms with Crippen molar-refractivity contribution < 1.29 is 28.8 Å². The molecule has 2 aromatic rings. The van der Waals surface area contributed by atoms with Gasteiger partial charge >= 0.3 is 0 Å². The van der Waals surface area contributed by atoms with Crippen molar-refractivity contribution in [3.05, 3.63) is 35.4 Å². The maximum Gasteiger partial charge on any atom is 0.207 e. The van der Waals surface area contributed by atoms with E-state index in [1.807, 2.05) is 18.2 Å². The molecular weight excluding hydrogens is 324 g/mol. The van der Waals surface area contributed by atoms with Crippen molar-refractivity contribution in [2.24, 2.45) is 0 Å². The summed E-state index contributed by atoms with van der Waals surface area (Å²) in [5.74, 6) is 2.44. The average Bonchev–Trinajstić information content (AvgIpc) is 2.64. The second kappa shape index (κ2) is 8.19.